The molecule has 4 saturated carbocycles. The van der Waals surface area contributed by atoms with Crippen molar-refractivity contribution in [1.82, 2.24) is 0 Å². The molecule has 146 valence electrons. The average Bonchev–Trinajstić information content (AvgIpc) is 2.86. The molecule has 8 atom stereocenters. The van der Waals surface area contributed by atoms with Crippen LogP contribution < -0.4 is 0 Å². The number of hydrogen-bond acceptors (Lipinski definition) is 5. The van der Waals surface area contributed by atoms with Crippen molar-refractivity contribution >= 4 is 11.6 Å². The molecular weight excluding hydrogens is 332 g/mol. The van der Waals surface area contributed by atoms with Crippen LogP contribution in [0.15, 0.2) is 0 Å². The summed E-state index contributed by atoms with van der Waals surface area (Å²) in [7, 11) is 0. The molecule has 3 N–H and O–H groups in total. The minimum atomic E-state index is -1.53. The lowest BCUT2D eigenvalue weighted by molar-refractivity contribution is -0.198. The van der Waals surface area contributed by atoms with Crippen LogP contribution >= 0.6 is 0 Å². The molecule has 0 aliphatic heterocycles. The van der Waals surface area contributed by atoms with Gasteiger partial charge < -0.3 is 15.3 Å². The highest BCUT2D eigenvalue weighted by Crippen LogP contribution is 2.68. The van der Waals surface area contributed by atoms with E-state index in [-0.39, 0.29) is 23.2 Å². The van der Waals surface area contributed by atoms with Gasteiger partial charge in [0.05, 0.1) is 6.10 Å². The SMILES string of the molecule is C[C@]12CCC(=O)CC1CC[C@@H]1[C@@H]2[C@@H](O)C[C@@]2(C)[C@H]1CC[C@]2(O)C(=O)CO. The Kier molecular flexibility index (Phi) is 4.18. The largest absolute Gasteiger partial charge is 0.393 e. The number of carbonyl (C=O) groups is 2. The number of rotatable bonds is 2. The first-order valence-corrected chi connectivity index (χ1v) is 10.2. The number of carbonyl (C=O) groups excluding carboxylic acids is 2. The third-order valence-corrected chi connectivity index (χ3v) is 9.17. The summed E-state index contributed by atoms with van der Waals surface area (Å²) in [4.78, 5) is 24.3. The fraction of sp³-hybridized carbons (Fsp3) is 0.905. The lowest BCUT2D eigenvalue weighted by atomic mass is 9.43. The number of ketones is 2. The molecule has 0 bridgehead atoms. The molecule has 26 heavy (non-hydrogen) atoms. The van der Waals surface area contributed by atoms with Gasteiger partial charge in [-0.1, -0.05) is 13.8 Å². The van der Waals surface area contributed by atoms with Crippen LogP contribution in [0.4, 0.5) is 0 Å². The van der Waals surface area contributed by atoms with Crippen molar-refractivity contribution in [3.8, 4) is 0 Å². The van der Waals surface area contributed by atoms with Gasteiger partial charge in [-0.15, -0.1) is 0 Å². The van der Waals surface area contributed by atoms with Gasteiger partial charge in [0.2, 0.25) is 0 Å². The minimum absolute atomic E-state index is 0.0285. The van der Waals surface area contributed by atoms with Crippen molar-refractivity contribution in [3.63, 3.8) is 0 Å². The van der Waals surface area contributed by atoms with Gasteiger partial charge in [-0.05, 0) is 67.6 Å². The van der Waals surface area contributed by atoms with Crippen LogP contribution in [0.5, 0.6) is 0 Å². The Bertz CT molecular complexity index is 632. The summed E-state index contributed by atoms with van der Waals surface area (Å²) >= 11 is 0. The average molecular weight is 364 g/mol. The molecule has 4 rings (SSSR count). The smallest absolute Gasteiger partial charge is 0.190 e. The molecule has 4 aliphatic carbocycles. The van der Waals surface area contributed by atoms with Crippen molar-refractivity contribution < 1.29 is 24.9 Å². The van der Waals surface area contributed by atoms with Crippen molar-refractivity contribution in [2.24, 2.45) is 34.5 Å². The molecular formula is C21H32O5. The highest BCUT2D eigenvalue weighted by atomic mass is 16.3. The highest BCUT2D eigenvalue weighted by molar-refractivity contribution is 5.89. The van der Waals surface area contributed by atoms with Crippen LogP contribution in [0.2, 0.25) is 0 Å². The molecule has 0 heterocycles. The molecule has 5 heteroatoms. The maximum Gasteiger partial charge on any atom is 0.190 e. The van der Waals surface area contributed by atoms with Crippen LogP contribution in [0.25, 0.3) is 0 Å². The van der Waals surface area contributed by atoms with Crippen molar-refractivity contribution in [1.29, 1.82) is 0 Å². The maximum atomic E-state index is 12.4. The van der Waals surface area contributed by atoms with Gasteiger partial charge in [0.1, 0.15) is 18.0 Å². The van der Waals surface area contributed by atoms with E-state index in [9.17, 15) is 24.9 Å². The molecule has 4 aliphatic rings. The Morgan fingerprint density at radius 1 is 1.19 bits per heavy atom. The van der Waals surface area contributed by atoms with Crippen molar-refractivity contribution in [2.75, 3.05) is 6.61 Å². The zero-order valence-corrected chi connectivity index (χ0v) is 15.9. The first kappa shape index (κ1) is 18.6. The molecule has 1 unspecified atom stereocenters. The van der Waals surface area contributed by atoms with E-state index >= 15 is 0 Å². The van der Waals surface area contributed by atoms with Crippen molar-refractivity contribution in [2.45, 2.75) is 76.9 Å². The van der Waals surface area contributed by atoms with Crippen LogP contribution in [-0.2, 0) is 9.59 Å². The summed E-state index contributed by atoms with van der Waals surface area (Å²) in [5.41, 5.74) is -2.24. The summed E-state index contributed by atoms with van der Waals surface area (Å²) in [6, 6.07) is 0. The van der Waals surface area contributed by atoms with Crippen molar-refractivity contribution in [3.05, 3.63) is 0 Å². The molecule has 0 radical (unpaired) electrons. The second-order valence-electron chi connectivity index (χ2n) is 9.99. The summed E-state index contributed by atoms with van der Waals surface area (Å²) in [5, 5.41) is 31.8. The van der Waals surface area contributed by atoms with E-state index in [0.717, 1.165) is 25.7 Å². The normalized spacial score (nSPS) is 53.6. The fourth-order valence-electron chi connectivity index (χ4n) is 7.76. The predicted molar refractivity (Wildman–Crippen MR) is 95.2 cm³/mol. The second-order valence-corrected chi connectivity index (χ2v) is 9.99. The van der Waals surface area contributed by atoms with E-state index in [2.05, 4.69) is 6.92 Å². The predicted octanol–water partition coefficient (Wildman–Crippen LogP) is 1.86. The molecule has 0 spiro atoms. The Labute approximate surface area is 155 Å². The molecule has 5 nitrogen and oxygen atoms in total. The maximum absolute atomic E-state index is 12.4. The first-order chi connectivity index (χ1) is 12.2. The van der Waals surface area contributed by atoms with Gasteiger partial charge in [0, 0.05) is 18.3 Å². The second kappa shape index (κ2) is 5.86. The number of fused-ring (bicyclic) bond motifs is 5. The standard InChI is InChI=1S/C21H32O5/c1-19-7-5-13(23)9-12(19)3-4-14-15-6-8-21(26,17(25)11-22)20(15,2)10-16(24)18(14)19/h12,14-16,18,22,24,26H,3-11H2,1-2H3/t12?,14-,15-,16-,18+,19-,20-,21-/m0/s1. The summed E-state index contributed by atoms with van der Waals surface area (Å²) in [5.74, 6) is 0.800. The van der Waals surface area contributed by atoms with E-state index in [4.69, 9.17) is 0 Å². The number of Topliss-reactive ketones (excluding diaryl/α,β-unsaturated/α-hetero) is 2. The van der Waals surface area contributed by atoms with Gasteiger partial charge >= 0.3 is 0 Å². The summed E-state index contributed by atoms with van der Waals surface area (Å²) < 4.78 is 0. The lowest BCUT2D eigenvalue weighted by Gasteiger charge is -2.62. The van der Waals surface area contributed by atoms with E-state index in [1.807, 2.05) is 6.92 Å². The topological polar surface area (TPSA) is 94.8 Å². The lowest BCUT2D eigenvalue weighted by Crippen LogP contribution is -2.63. The van der Waals surface area contributed by atoms with Crippen LogP contribution in [0.3, 0.4) is 0 Å². The first-order valence-electron chi connectivity index (χ1n) is 10.2. The zero-order valence-electron chi connectivity index (χ0n) is 15.9. The van der Waals surface area contributed by atoms with Gasteiger partial charge in [-0.2, -0.15) is 0 Å². The Hall–Kier alpha value is -0.780. The summed E-state index contributed by atoms with van der Waals surface area (Å²) in [6.45, 7) is 3.55. The molecule has 0 amide bonds. The van der Waals surface area contributed by atoms with E-state index < -0.39 is 29.5 Å². The Morgan fingerprint density at radius 3 is 2.62 bits per heavy atom. The van der Waals surface area contributed by atoms with Gasteiger partial charge in [-0.25, -0.2) is 0 Å². The summed E-state index contributed by atoms with van der Waals surface area (Å²) in [6.07, 6.45) is 5.02. The van der Waals surface area contributed by atoms with Gasteiger partial charge in [0.15, 0.2) is 5.78 Å². The van der Waals surface area contributed by atoms with Crippen LogP contribution in [-0.4, -0.2) is 45.2 Å². The Morgan fingerprint density at radius 2 is 1.92 bits per heavy atom. The molecule has 0 saturated heterocycles. The molecule has 4 fully saturated rings. The van der Waals surface area contributed by atoms with Gasteiger partial charge in [-0.3, -0.25) is 9.59 Å². The molecule has 0 aromatic carbocycles. The van der Waals surface area contributed by atoms with E-state index in [0.29, 0.717) is 37.4 Å². The van der Waals surface area contributed by atoms with Gasteiger partial charge in [0.25, 0.3) is 0 Å². The fourth-order valence-corrected chi connectivity index (χ4v) is 7.76. The third kappa shape index (κ3) is 2.20. The van der Waals surface area contributed by atoms with E-state index in [1.165, 1.54) is 0 Å². The molecule has 0 aromatic rings. The Balaban J connectivity index is 1.70. The third-order valence-electron chi connectivity index (χ3n) is 9.17. The molecule has 0 aromatic heterocycles. The zero-order chi connectivity index (χ0) is 18.9. The van der Waals surface area contributed by atoms with Crippen LogP contribution in [0, 0.1) is 34.5 Å². The van der Waals surface area contributed by atoms with E-state index in [1.54, 1.807) is 0 Å². The number of aliphatic hydroxyl groups is 3. The number of aliphatic hydroxyl groups excluding tert-OH is 2. The monoisotopic (exact) mass is 364 g/mol. The minimum Gasteiger partial charge on any atom is -0.393 e. The number of hydrogen-bond donors (Lipinski definition) is 3. The quantitative estimate of drug-likeness (QED) is 0.695. The van der Waals surface area contributed by atoms with Crippen LogP contribution in [0.1, 0.15) is 65.2 Å². The highest BCUT2D eigenvalue weighted by Gasteiger charge is 2.68.